The number of benzene rings is 1. The molecular formula is C26H32N6O5. The monoisotopic (exact) mass is 508 g/mol. The highest BCUT2D eigenvalue weighted by atomic mass is 16.7. The second-order valence-electron chi connectivity index (χ2n) is 10.1. The Morgan fingerprint density at radius 3 is 2.59 bits per heavy atom. The first-order chi connectivity index (χ1) is 17.9. The largest absolute Gasteiger partial charge is 0.433 e. The predicted molar refractivity (Wildman–Crippen MR) is 134 cm³/mol. The topological polar surface area (TPSA) is 130 Å². The van der Waals surface area contributed by atoms with Crippen LogP contribution in [-0.2, 0) is 19.8 Å². The van der Waals surface area contributed by atoms with E-state index in [9.17, 15) is 5.11 Å². The molecule has 0 spiro atoms. The van der Waals surface area contributed by atoms with E-state index in [0.717, 1.165) is 42.6 Å². The fraction of sp³-hybridized carbons (Fsp3) is 0.500. The Hall–Kier alpha value is -3.09. The molecule has 0 saturated carbocycles. The molecule has 1 aromatic carbocycles. The van der Waals surface area contributed by atoms with Crippen LogP contribution in [0.25, 0.3) is 11.3 Å². The van der Waals surface area contributed by atoms with Crippen LogP contribution in [0.2, 0.25) is 0 Å². The highest BCUT2D eigenvalue weighted by molar-refractivity contribution is 5.65. The molecule has 0 aliphatic carbocycles. The van der Waals surface area contributed by atoms with Crippen molar-refractivity contribution in [1.29, 1.82) is 0 Å². The van der Waals surface area contributed by atoms with Gasteiger partial charge in [-0.3, -0.25) is 4.68 Å². The van der Waals surface area contributed by atoms with Crippen molar-refractivity contribution in [3.05, 3.63) is 47.4 Å². The summed E-state index contributed by atoms with van der Waals surface area (Å²) in [4.78, 5) is 11.3. The fourth-order valence-corrected chi connectivity index (χ4v) is 5.16. The maximum absolute atomic E-state index is 11.2. The molecule has 3 saturated heterocycles. The molecule has 3 aromatic rings. The lowest BCUT2D eigenvalue weighted by Gasteiger charge is -2.39. The van der Waals surface area contributed by atoms with E-state index < -0.39 is 11.9 Å². The minimum Gasteiger partial charge on any atom is -0.433 e. The van der Waals surface area contributed by atoms with Gasteiger partial charge in [-0.05, 0) is 63.2 Å². The van der Waals surface area contributed by atoms with Crippen LogP contribution in [0.15, 0.2) is 30.7 Å². The van der Waals surface area contributed by atoms with E-state index in [1.165, 1.54) is 0 Å². The van der Waals surface area contributed by atoms with Gasteiger partial charge in [-0.25, -0.2) is 9.97 Å². The van der Waals surface area contributed by atoms with Crippen LogP contribution < -0.4 is 10.5 Å². The lowest BCUT2D eigenvalue weighted by Crippen LogP contribution is -2.47. The van der Waals surface area contributed by atoms with Gasteiger partial charge in [0.2, 0.25) is 0 Å². The Kier molecular flexibility index (Phi) is 6.33. The van der Waals surface area contributed by atoms with E-state index in [-0.39, 0.29) is 24.9 Å². The Balaban J connectivity index is 1.29. The van der Waals surface area contributed by atoms with Crippen molar-refractivity contribution in [3.8, 4) is 22.9 Å². The molecule has 6 rings (SSSR count). The number of ether oxygens (including phenoxy) is 4. The number of aliphatic hydroxyl groups is 1. The molecule has 0 amide bonds. The highest BCUT2D eigenvalue weighted by Gasteiger charge is 2.42. The van der Waals surface area contributed by atoms with E-state index in [1.54, 1.807) is 12.4 Å². The molecular weight excluding hydrogens is 476 g/mol. The van der Waals surface area contributed by atoms with Crippen LogP contribution in [0, 0.1) is 6.92 Å². The summed E-state index contributed by atoms with van der Waals surface area (Å²) in [5, 5.41) is 15.7. The van der Waals surface area contributed by atoms with Crippen molar-refractivity contribution in [1.82, 2.24) is 24.6 Å². The van der Waals surface area contributed by atoms with Crippen LogP contribution in [0.1, 0.15) is 41.9 Å². The standard InChI is InChI=1S/C26H32N6O5/c1-16-9-17(10-20(26(33)14-34-15-26)22(16)25-35-7-8-36-25)21-12-28-23(27)24(30-21)37-19-11-29-32(13-19)18-3-5-31(2)6-4-18/h9-13,18,25,33H,3-8,14-15H2,1-2H3,(H2,27,28). The zero-order chi connectivity index (χ0) is 25.6. The van der Waals surface area contributed by atoms with Crippen molar-refractivity contribution in [3.63, 3.8) is 0 Å². The summed E-state index contributed by atoms with van der Waals surface area (Å²) >= 11 is 0. The molecule has 2 aromatic heterocycles. The molecule has 0 atom stereocenters. The molecule has 11 heteroatoms. The first-order valence-electron chi connectivity index (χ1n) is 12.6. The Morgan fingerprint density at radius 2 is 1.89 bits per heavy atom. The van der Waals surface area contributed by atoms with Gasteiger partial charge >= 0.3 is 0 Å². The summed E-state index contributed by atoms with van der Waals surface area (Å²) in [6, 6.07) is 4.23. The smallest absolute Gasteiger partial charge is 0.263 e. The lowest BCUT2D eigenvalue weighted by atomic mass is 9.84. The van der Waals surface area contributed by atoms with Gasteiger partial charge in [-0.15, -0.1) is 0 Å². The summed E-state index contributed by atoms with van der Waals surface area (Å²) in [5.41, 5.74) is 8.80. The second-order valence-corrected chi connectivity index (χ2v) is 10.1. The SMILES string of the molecule is Cc1cc(-c2cnc(N)c(Oc3cnn(C4CCN(C)CC4)c3)n2)cc(C2(O)COC2)c1C1OCCO1. The third kappa shape index (κ3) is 4.69. The number of hydrogen-bond acceptors (Lipinski definition) is 10. The number of aromatic nitrogens is 4. The number of anilines is 1. The van der Waals surface area contributed by atoms with Crippen molar-refractivity contribution in [2.75, 3.05) is 52.3 Å². The van der Waals surface area contributed by atoms with Crippen LogP contribution in [-0.4, -0.2) is 76.3 Å². The van der Waals surface area contributed by atoms with Crippen LogP contribution in [0.5, 0.6) is 11.6 Å². The van der Waals surface area contributed by atoms with E-state index in [1.807, 2.05) is 29.9 Å². The minimum atomic E-state index is -1.12. The lowest BCUT2D eigenvalue weighted by molar-refractivity contribution is -0.186. The summed E-state index contributed by atoms with van der Waals surface area (Å²) in [6.07, 6.45) is 6.73. The second kappa shape index (κ2) is 9.66. The van der Waals surface area contributed by atoms with Gasteiger partial charge in [0.25, 0.3) is 5.88 Å². The van der Waals surface area contributed by atoms with Crippen molar-refractivity contribution in [2.45, 2.75) is 37.7 Å². The van der Waals surface area contributed by atoms with E-state index in [4.69, 9.17) is 24.7 Å². The molecule has 3 aliphatic heterocycles. The van der Waals surface area contributed by atoms with E-state index in [2.05, 4.69) is 27.0 Å². The van der Waals surface area contributed by atoms with E-state index >= 15 is 0 Å². The van der Waals surface area contributed by atoms with Gasteiger partial charge < -0.3 is 34.7 Å². The number of aryl methyl sites for hydroxylation is 1. The molecule has 11 nitrogen and oxygen atoms in total. The van der Waals surface area contributed by atoms with Gasteiger partial charge in [0.05, 0.1) is 56.8 Å². The normalized spacial score (nSPS) is 20.7. The van der Waals surface area contributed by atoms with Crippen LogP contribution in [0.4, 0.5) is 5.82 Å². The first-order valence-corrected chi connectivity index (χ1v) is 12.6. The first kappa shape index (κ1) is 24.3. The number of nitrogens with zero attached hydrogens (tertiary/aromatic N) is 5. The Bertz CT molecular complexity index is 1280. The molecule has 3 N–H and O–H groups in total. The summed E-state index contributed by atoms with van der Waals surface area (Å²) in [5.74, 6) is 0.945. The number of piperidine rings is 1. The van der Waals surface area contributed by atoms with Gasteiger partial charge in [0.15, 0.2) is 17.9 Å². The minimum absolute atomic E-state index is 0.183. The number of nitrogens with two attached hydrogens (primary N) is 1. The van der Waals surface area contributed by atoms with Gasteiger partial charge in [0.1, 0.15) is 5.60 Å². The third-order valence-corrected chi connectivity index (χ3v) is 7.34. The molecule has 0 unspecified atom stereocenters. The van der Waals surface area contributed by atoms with E-state index in [0.29, 0.717) is 36.3 Å². The molecule has 37 heavy (non-hydrogen) atoms. The quantitative estimate of drug-likeness (QED) is 0.512. The summed E-state index contributed by atoms with van der Waals surface area (Å²) < 4.78 is 24.9. The summed E-state index contributed by atoms with van der Waals surface area (Å²) in [6.45, 7) is 5.49. The maximum Gasteiger partial charge on any atom is 0.263 e. The van der Waals surface area contributed by atoms with Crippen LogP contribution in [0.3, 0.4) is 0 Å². The third-order valence-electron chi connectivity index (χ3n) is 7.34. The van der Waals surface area contributed by atoms with Gasteiger partial charge in [0, 0.05) is 11.1 Å². The van der Waals surface area contributed by atoms with Crippen molar-refractivity contribution in [2.24, 2.45) is 0 Å². The maximum atomic E-state index is 11.2. The molecule has 0 radical (unpaired) electrons. The Morgan fingerprint density at radius 1 is 1.14 bits per heavy atom. The molecule has 3 aliphatic rings. The number of hydrogen-bond donors (Lipinski definition) is 2. The predicted octanol–water partition coefficient (Wildman–Crippen LogP) is 2.55. The fourth-order valence-electron chi connectivity index (χ4n) is 5.16. The molecule has 3 fully saturated rings. The molecule has 196 valence electrons. The summed E-state index contributed by atoms with van der Waals surface area (Å²) in [7, 11) is 2.14. The number of rotatable bonds is 6. The van der Waals surface area contributed by atoms with Crippen molar-refractivity contribution < 1.29 is 24.1 Å². The van der Waals surface area contributed by atoms with Gasteiger partial charge in [-0.2, -0.15) is 5.10 Å². The zero-order valence-electron chi connectivity index (χ0n) is 21.1. The average Bonchev–Trinajstić information content (AvgIpc) is 3.57. The molecule has 0 bridgehead atoms. The van der Waals surface area contributed by atoms with Crippen LogP contribution >= 0.6 is 0 Å². The Labute approximate surface area is 215 Å². The number of nitrogen functional groups attached to an aromatic ring is 1. The average molecular weight is 509 g/mol. The molecule has 5 heterocycles. The zero-order valence-corrected chi connectivity index (χ0v) is 21.1. The number of likely N-dealkylation sites (tertiary alicyclic amines) is 1. The highest BCUT2D eigenvalue weighted by Crippen LogP contribution is 2.41. The van der Waals surface area contributed by atoms with Crippen molar-refractivity contribution >= 4 is 5.82 Å². The van der Waals surface area contributed by atoms with Gasteiger partial charge in [-0.1, -0.05) is 0 Å².